The summed E-state index contributed by atoms with van der Waals surface area (Å²) in [6.07, 6.45) is 6.55. The molecule has 2 aromatic carbocycles. The van der Waals surface area contributed by atoms with Gasteiger partial charge < -0.3 is 15.0 Å². The van der Waals surface area contributed by atoms with Crippen LogP contribution in [0.15, 0.2) is 61.2 Å². The molecule has 47 heavy (non-hydrogen) atoms. The van der Waals surface area contributed by atoms with Crippen molar-refractivity contribution in [1.82, 2.24) is 39.6 Å². The average Bonchev–Trinajstić information content (AvgIpc) is 3.67. The highest BCUT2D eigenvalue weighted by molar-refractivity contribution is 6.31. The summed E-state index contributed by atoms with van der Waals surface area (Å²) in [6, 6.07) is 11.7. The number of rotatable bonds is 6. The van der Waals surface area contributed by atoms with E-state index in [0.29, 0.717) is 33.2 Å². The Morgan fingerprint density at radius 2 is 1.19 bits per heavy atom. The van der Waals surface area contributed by atoms with Gasteiger partial charge in [0.1, 0.15) is 5.60 Å². The van der Waals surface area contributed by atoms with Crippen LogP contribution >= 0.6 is 46.4 Å². The highest BCUT2D eigenvalue weighted by Gasteiger charge is 2.26. The maximum Gasteiger partial charge on any atom is 0.410 e. The SMILES string of the molecule is CC(C)(C)OC(=O)N1CCN(Cc2ccc(Cl)cc2-n2cc(Cl)cn2)CC1.Clc1ccc(CN2CCNCC2)c(-n2cc(Cl)cn2)c1. The highest BCUT2D eigenvalue weighted by atomic mass is 35.5. The van der Waals surface area contributed by atoms with E-state index in [2.05, 4.69) is 31.4 Å². The smallest absolute Gasteiger partial charge is 0.410 e. The zero-order chi connectivity index (χ0) is 33.6. The number of hydrogen-bond donors (Lipinski definition) is 1. The van der Waals surface area contributed by atoms with Crippen molar-refractivity contribution in [2.75, 3.05) is 52.4 Å². The third-order valence-corrected chi connectivity index (χ3v) is 8.57. The van der Waals surface area contributed by atoms with Crippen molar-refractivity contribution in [2.45, 2.75) is 39.5 Å². The zero-order valence-electron chi connectivity index (χ0n) is 26.8. The average molecular weight is 723 g/mol. The molecule has 2 fully saturated rings. The Balaban J connectivity index is 0.000000193. The predicted octanol–water partition coefficient (Wildman–Crippen LogP) is 6.82. The number of halogens is 4. The minimum absolute atomic E-state index is 0.250. The lowest BCUT2D eigenvalue weighted by molar-refractivity contribution is 0.0139. The molecule has 1 amide bonds. The highest BCUT2D eigenvalue weighted by Crippen LogP contribution is 2.24. The topological polar surface area (TPSA) is 83.7 Å². The number of nitrogens with one attached hydrogen (secondary N) is 1. The molecule has 0 saturated carbocycles. The molecule has 0 atom stereocenters. The lowest BCUT2D eigenvalue weighted by Crippen LogP contribution is -2.49. The first-order valence-corrected chi connectivity index (χ1v) is 17.1. The van der Waals surface area contributed by atoms with E-state index in [-0.39, 0.29) is 6.09 Å². The number of piperazine rings is 2. The number of aromatic nitrogens is 4. The van der Waals surface area contributed by atoms with Crippen LogP contribution in [0.25, 0.3) is 11.4 Å². The van der Waals surface area contributed by atoms with E-state index in [1.807, 2.05) is 51.1 Å². The fourth-order valence-corrected chi connectivity index (χ4v) is 6.00. The van der Waals surface area contributed by atoms with Crippen molar-refractivity contribution in [3.8, 4) is 11.4 Å². The summed E-state index contributed by atoms with van der Waals surface area (Å²) in [5.41, 5.74) is 3.73. The number of nitrogens with zero attached hydrogens (tertiary/aromatic N) is 7. The number of hydrogen-bond acceptors (Lipinski definition) is 7. The number of benzene rings is 2. The Kier molecular flexibility index (Phi) is 12.1. The molecule has 4 aromatic rings. The van der Waals surface area contributed by atoms with Crippen molar-refractivity contribution in [2.24, 2.45) is 0 Å². The summed E-state index contributed by atoms with van der Waals surface area (Å²) in [7, 11) is 0. The second kappa shape index (κ2) is 16.0. The van der Waals surface area contributed by atoms with Crippen LogP contribution in [0.4, 0.5) is 4.79 Å². The second-order valence-corrected chi connectivity index (χ2v) is 14.3. The first kappa shape index (κ1) is 35.5. The van der Waals surface area contributed by atoms with E-state index in [4.69, 9.17) is 51.1 Å². The second-order valence-electron chi connectivity index (χ2n) is 12.5. The standard InChI is InChI=1S/C19H24Cl2N4O2.C14H16Cl2N4/c1-19(2,3)27-18(26)24-8-6-23(7-9-24)12-14-4-5-15(20)10-17(14)25-13-16(21)11-22-25;15-12-2-1-11(9-19-5-3-17-4-6-19)14(7-12)20-10-13(16)8-18-20/h4-5,10-11,13H,6-9,12H2,1-3H3;1-2,7-8,10,17H,3-6,9H2. The molecule has 4 heterocycles. The molecule has 2 saturated heterocycles. The summed E-state index contributed by atoms with van der Waals surface area (Å²) in [4.78, 5) is 18.7. The van der Waals surface area contributed by atoms with E-state index in [0.717, 1.165) is 69.3 Å². The minimum atomic E-state index is -0.475. The van der Waals surface area contributed by atoms with Gasteiger partial charge in [-0.25, -0.2) is 14.2 Å². The molecule has 6 rings (SSSR count). The summed E-state index contributed by atoms with van der Waals surface area (Å²) in [5.74, 6) is 0. The Labute approximate surface area is 296 Å². The molecule has 0 radical (unpaired) electrons. The Hall–Kier alpha value is -2.83. The predicted molar refractivity (Wildman–Crippen MR) is 188 cm³/mol. The maximum atomic E-state index is 12.2. The minimum Gasteiger partial charge on any atom is -0.444 e. The fourth-order valence-electron chi connectivity index (χ4n) is 5.40. The van der Waals surface area contributed by atoms with Gasteiger partial charge in [-0.1, -0.05) is 58.5 Å². The molecule has 0 aliphatic carbocycles. The van der Waals surface area contributed by atoms with Crippen LogP contribution in [-0.2, 0) is 17.8 Å². The normalized spacial score (nSPS) is 16.1. The van der Waals surface area contributed by atoms with Gasteiger partial charge in [0, 0.05) is 87.9 Å². The summed E-state index contributed by atoms with van der Waals surface area (Å²) < 4.78 is 8.97. The third-order valence-electron chi connectivity index (χ3n) is 7.71. The van der Waals surface area contributed by atoms with Gasteiger partial charge in [0.25, 0.3) is 0 Å². The van der Waals surface area contributed by atoms with E-state index < -0.39 is 5.60 Å². The van der Waals surface area contributed by atoms with Crippen LogP contribution < -0.4 is 5.32 Å². The quantitative estimate of drug-likeness (QED) is 0.234. The number of ether oxygens (including phenoxy) is 1. The largest absolute Gasteiger partial charge is 0.444 e. The van der Waals surface area contributed by atoms with Crippen molar-refractivity contribution >= 4 is 52.5 Å². The molecule has 2 aliphatic heterocycles. The van der Waals surface area contributed by atoms with Crippen molar-refractivity contribution in [3.63, 3.8) is 0 Å². The number of carbonyl (C=O) groups excluding carboxylic acids is 1. The molecule has 1 N–H and O–H groups in total. The Bertz CT molecular complexity index is 1640. The molecule has 2 aromatic heterocycles. The van der Waals surface area contributed by atoms with Crippen LogP contribution in [0.5, 0.6) is 0 Å². The first-order valence-electron chi connectivity index (χ1n) is 15.5. The molecular formula is C33H40Cl4N8O2. The lowest BCUT2D eigenvalue weighted by atomic mass is 10.1. The Morgan fingerprint density at radius 1 is 0.723 bits per heavy atom. The van der Waals surface area contributed by atoms with Crippen LogP contribution in [0.2, 0.25) is 20.1 Å². The van der Waals surface area contributed by atoms with Crippen LogP contribution in [0.3, 0.4) is 0 Å². The van der Waals surface area contributed by atoms with Gasteiger partial charge >= 0.3 is 6.09 Å². The lowest BCUT2D eigenvalue weighted by Gasteiger charge is -2.35. The van der Waals surface area contributed by atoms with Gasteiger partial charge in [0.2, 0.25) is 0 Å². The molecule has 2 aliphatic rings. The van der Waals surface area contributed by atoms with Crippen molar-refractivity contribution in [1.29, 1.82) is 0 Å². The maximum absolute atomic E-state index is 12.2. The van der Waals surface area contributed by atoms with Gasteiger partial charge in [0.15, 0.2) is 0 Å². The van der Waals surface area contributed by atoms with Gasteiger partial charge in [-0.05, 0) is 56.2 Å². The molecule has 0 bridgehead atoms. The zero-order valence-corrected chi connectivity index (χ0v) is 29.8. The number of amides is 1. The van der Waals surface area contributed by atoms with Gasteiger partial charge in [-0.3, -0.25) is 9.80 Å². The van der Waals surface area contributed by atoms with Crippen molar-refractivity contribution < 1.29 is 9.53 Å². The molecule has 0 spiro atoms. The molecule has 10 nitrogen and oxygen atoms in total. The van der Waals surface area contributed by atoms with E-state index in [1.165, 1.54) is 5.56 Å². The van der Waals surface area contributed by atoms with Crippen LogP contribution in [0, 0.1) is 0 Å². The molecule has 252 valence electrons. The third kappa shape index (κ3) is 10.3. The summed E-state index contributed by atoms with van der Waals surface area (Å²) >= 11 is 24.3. The first-order chi connectivity index (χ1) is 22.4. The molecule has 14 heteroatoms. The number of carbonyl (C=O) groups is 1. The molecular weight excluding hydrogens is 682 g/mol. The van der Waals surface area contributed by atoms with Crippen molar-refractivity contribution in [3.05, 3.63) is 92.4 Å². The van der Waals surface area contributed by atoms with Gasteiger partial charge in [0.05, 0.1) is 33.8 Å². The van der Waals surface area contributed by atoms with E-state index in [1.54, 1.807) is 39.1 Å². The summed E-state index contributed by atoms with van der Waals surface area (Å²) in [6.45, 7) is 14.3. The molecule has 0 unspecified atom stereocenters. The van der Waals surface area contributed by atoms with Crippen LogP contribution in [-0.4, -0.2) is 98.3 Å². The van der Waals surface area contributed by atoms with E-state index in [9.17, 15) is 4.79 Å². The van der Waals surface area contributed by atoms with Crippen LogP contribution in [0.1, 0.15) is 31.9 Å². The monoisotopic (exact) mass is 720 g/mol. The van der Waals surface area contributed by atoms with E-state index >= 15 is 0 Å². The Morgan fingerprint density at radius 3 is 1.62 bits per heavy atom. The summed E-state index contributed by atoms with van der Waals surface area (Å²) in [5, 5.41) is 14.5. The fraction of sp³-hybridized carbons (Fsp3) is 0.424. The van der Waals surface area contributed by atoms with Gasteiger partial charge in [-0.15, -0.1) is 0 Å². The van der Waals surface area contributed by atoms with Gasteiger partial charge in [-0.2, -0.15) is 10.2 Å².